The van der Waals surface area contributed by atoms with E-state index in [0.29, 0.717) is 19.3 Å². The van der Waals surface area contributed by atoms with Gasteiger partial charge in [-0.05, 0) is 25.7 Å². The molecule has 18 heavy (non-hydrogen) atoms. The van der Waals surface area contributed by atoms with Gasteiger partial charge in [0.15, 0.2) is 0 Å². The van der Waals surface area contributed by atoms with Crippen molar-refractivity contribution < 1.29 is 19.0 Å². The second kappa shape index (κ2) is 4.79. The number of methoxy groups -OCH3 is 1. The average Bonchev–Trinajstić information content (AvgIpc) is 3.02. The first-order valence-electron chi connectivity index (χ1n) is 6.81. The van der Waals surface area contributed by atoms with Crippen molar-refractivity contribution in [2.45, 2.75) is 55.9 Å². The second-order valence-electron chi connectivity index (χ2n) is 5.65. The van der Waals surface area contributed by atoms with Crippen LogP contribution in [0.2, 0.25) is 0 Å². The van der Waals surface area contributed by atoms with Crippen molar-refractivity contribution in [1.82, 2.24) is 5.32 Å². The molecule has 0 bridgehead atoms. The van der Waals surface area contributed by atoms with Crippen molar-refractivity contribution in [3.63, 3.8) is 0 Å². The van der Waals surface area contributed by atoms with Crippen LogP contribution >= 0.6 is 0 Å². The molecule has 0 radical (unpaired) electrons. The number of carbonyl (C=O) groups excluding carboxylic acids is 1. The summed E-state index contributed by atoms with van der Waals surface area (Å²) in [5.74, 6) is -0.134. The van der Waals surface area contributed by atoms with Crippen LogP contribution in [0.1, 0.15) is 32.1 Å². The van der Waals surface area contributed by atoms with E-state index in [1.54, 1.807) is 0 Å². The molecular weight excluding hydrogens is 234 g/mol. The summed E-state index contributed by atoms with van der Waals surface area (Å²) < 4.78 is 16.0. The highest BCUT2D eigenvalue weighted by Crippen LogP contribution is 2.37. The fourth-order valence-corrected chi connectivity index (χ4v) is 2.87. The van der Waals surface area contributed by atoms with E-state index in [-0.39, 0.29) is 18.2 Å². The molecule has 1 heterocycles. The van der Waals surface area contributed by atoms with E-state index in [1.807, 2.05) is 0 Å². The summed E-state index contributed by atoms with van der Waals surface area (Å²) in [6.45, 7) is 1.38. The van der Waals surface area contributed by atoms with Crippen molar-refractivity contribution in [2.75, 3.05) is 20.3 Å². The molecule has 3 rings (SSSR count). The Hall–Kier alpha value is -0.650. The first kappa shape index (κ1) is 12.4. The van der Waals surface area contributed by atoms with Crippen LogP contribution in [0.4, 0.5) is 0 Å². The van der Waals surface area contributed by atoms with Crippen molar-refractivity contribution >= 4 is 5.97 Å². The maximum Gasteiger partial charge on any atom is 0.326 e. The van der Waals surface area contributed by atoms with Crippen molar-refractivity contribution in [3.8, 4) is 0 Å². The first-order chi connectivity index (χ1) is 8.72. The molecule has 2 unspecified atom stereocenters. The Kier molecular flexibility index (Phi) is 3.30. The van der Waals surface area contributed by atoms with Gasteiger partial charge in [-0.2, -0.15) is 0 Å². The van der Waals surface area contributed by atoms with Gasteiger partial charge in [0.2, 0.25) is 0 Å². The van der Waals surface area contributed by atoms with Crippen LogP contribution in [0.5, 0.6) is 0 Å². The van der Waals surface area contributed by atoms with Gasteiger partial charge in [0.25, 0.3) is 0 Å². The minimum Gasteiger partial charge on any atom is -0.468 e. The van der Waals surface area contributed by atoms with Crippen LogP contribution < -0.4 is 5.32 Å². The summed E-state index contributed by atoms with van der Waals surface area (Å²) in [7, 11) is 1.46. The summed E-state index contributed by atoms with van der Waals surface area (Å²) in [5, 5.41) is 3.47. The van der Waals surface area contributed by atoms with Crippen LogP contribution in [-0.4, -0.2) is 50.1 Å². The van der Waals surface area contributed by atoms with Gasteiger partial charge in [0.1, 0.15) is 11.6 Å². The van der Waals surface area contributed by atoms with E-state index < -0.39 is 5.54 Å². The molecule has 0 aromatic heterocycles. The Balaban J connectivity index is 1.61. The molecule has 1 aliphatic heterocycles. The lowest BCUT2D eigenvalue weighted by Crippen LogP contribution is -2.52. The molecule has 0 spiro atoms. The molecule has 5 heteroatoms. The van der Waals surface area contributed by atoms with Crippen molar-refractivity contribution in [3.05, 3.63) is 0 Å². The van der Waals surface area contributed by atoms with Gasteiger partial charge in [-0.25, -0.2) is 0 Å². The summed E-state index contributed by atoms with van der Waals surface area (Å²) >= 11 is 0. The quantitative estimate of drug-likeness (QED) is 0.730. The van der Waals surface area contributed by atoms with E-state index in [0.717, 1.165) is 19.3 Å². The lowest BCUT2D eigenvalue weighted by Gasteiger charge is -2.31. The number of ether oxygens (including phenoxy) is 3. The van der Waals surface area contributed by atoms with Gasteiger partial charge in [-0.15, -0.1) is 0 Å². The van der Waals surface area contributed by atoms with E-state index in [9.17, 15) is 4.79 Å². The van der Waals surface area contributed by atoms with Gasteiger partial charge >= 0.3 is 5.97 Å². The number of hydrogen-bond donors (Lipinski definition) is 1. The molecule has 5 nitrogen and oxygen atoms in total. The van der Waals surface area contributed by atoms with Crippen LogP contribution in [0.3, 0.4) is 0 Å². The molecule has 1 N–H and O–H groups in total. The fourth-order valence-electron chi connectivity index (χ4n) is 2.87. The summed E-state index contributed by atoms with van der Waals surface area (Å²) in [6.07, 6.45) is 5.18. The predicted octanol–water partition coefficient (Wildman–Crippen LogP) is 0.618. The molecule has 0 aromatic carbocycles. The minimum atomic E-state index is -0.509. The first-order valence-corrected chi connectivity index (χ1v) is 6.81. The number of nitrogens with one attached hydrogen (secondary N) is 1. The Morgan fingerprint density at radius 1 is 1.28 bits per heavy atom. The van der Waals surface area contributed by atoms with Gasteiger partial charge in [-0.3, -0.25) is 10.1 Å². The SMILES string of the molecule is COC(=O)C1(NC2CC2)CCC(OC2COC2)C1. The number of esters is 1. The molecular formula is C13H21NO4. The molecule has 1 saturated heterocycles. The second-order valence-corrected chi connectivity index (χ2v) is 5.65. The van der Waals surface area contributed by atoms with E-state index in [4.69, 9.17) is 14.2 Å². The lowest BCUT2D eigenvalue weighted by atomic mass is 9.97. The van der Waals surface area contributed by atoms with Gasteiger partial charge in [0, 0.05) is 12.5 Å². The minimum absolute atomic E-state index is 0.134. The number of carbonyl (C=O) groups is 1. The lowest BCUT2D eigenvalue weighted by molar-refractivity contribution is -0.158. The summed E-state index contributed by atoms with van der Waals surface area (Å²) in [4.78, 5) is 12.0. The molecule has 0 aromatic rings. The maximum atomic E-state index is 12.0. The Labute approximate surface area is 107 Å². The average molecular weight is 255 g/mol. The zero-order chi connectivity index (χ0) is 12.6. The molecule has 2 aliphatic carbocycles. The van der Waals surface area contributed by atoms with Gasteiger partial charge in [-0.1, -0.05) is 0 Å². The van der Waals surface area contributed by atoms with E-state index in [1.165, 1.54) is 20.0 Å². The van der Waals surface area contributed by atoms with Crippen LogP contribution in [0.15, 0.2) is 0 Å². The third-order valence-electron chi connectivity index (χ3n) is 4.10. The van der Waals surface area contributed by atoms with Gasteiger partial charge in [0.05, 0.1) is 26.4 Å². The zero-order valence-corrected chi connectivity index (χ0v) is 10.8. The molecule has 0 amide bonds. The molecule has 2 saturated carbocycles. The van der Waals surface area contributed by atoms with Gasteiger partial charge < -0.3 is 14.2 Å². The van der Waals surface area contributed by atoms with Crippen molar-refractivity contribution in [1.29, 1.82) is 0 Å². The third-order valence-corrected chi connectivity index (χ3v) is 4.10. The summed E-state index contributed by atoms with van der Waals surface area (Å²) in [6, 6.07) is 0.495. The Bertz CT molecular complexity index is 327. The molecule has 3 aliphatic rings. The van der Waals surface area contributed by atoms with E-state index in [2.05, 4.69) is 5.32 Å². The maximum absolute atomic E-state index is 12.0. The van der Waals surface area contributed by atoms with Crippen LogP contribution in [0, 0.1) is 0 Å². The predicted molar refractivity (Wildman–Crippen MR) is 64.2 cm³/mol. The normalized spacial score (nSPS) is 36.4. The Morgan fingerprint density at radius 3 is 2.61 bits per heavy atom. The number of hydrogen-bond acceptors (Lipinski definition) is 5. The topological polar surface area (TPSA) is 56.8 Å². The molecule has 2 atom stereocenters. The fraction of sp³-hybridized carbons (Fsp3) is 0.923. The highest BCUT2D eigenvalue weighted by molar-refractivity contribution is 5.81. The highest BCUT2D eigenvalue weighted by Gasteiger charge is 2.49. The smallest absolute Gasteiger partial charge is 0.326 e. The monoisotopic (exact) mass is 255 g/mol. The standard InChI is InChI=1S/C13H21NO4/c1-16-12(15)13(14-9-2-3-9)5-4-10(6-13)18-11-7-17-8-11/h9-11,14H,2-8H2,1H3. The molecule has 3 fully saturated rings. The largest absolute Gasteiger partial charge is 0.468 e. The van der Waals surface area contributed by atoms with Crippen molar-refractivity contribution in [2.24, 2.45) is 0 Å². The van der Waals surface area contributed by atoms with Crippen LogP contribution in [0.25, 0.3) is 0 Å². The third kappa shape index (κ3) is 2.39. The molecule has 102 valence electrons. The summed E-state index contributed by atoms with van der Waals surface area (Å²) in [5.41, 5.74) is -0.509. The Morgan fingerprint density at radius 2 is 2.06 bits per heavy atom. The highest BCUT2D eigenvalue weighted by atomic mass is 16.6. The van der Waals surface area contributed by atoms with E-state index >= 15 is 0 Å². The van der Waals surface area contributed by atoms with Crippen LogP contribution in [-0.2, 0) is 19.0 Å². The number of rotatable bonds is 5. The zero-order valence-electron chi connectivity index (χ0n) is 10.8.